The molecule has 28 aromatic rings. The number of hydrogen-bond acceptors (Lipinski definition) is 4. The Labute approximate surface area is 747 Å². The molecule has 0 amide bonds. The van der Waals surface area contributed by atoms with Crippen LogP contribution in [0.4, 0.5) is 0 Å². The van der Waals surface area contributed by atoms with Crippen molar-refractivity contribution >= 4 is 185 Å². The topological polar surface area (TPSA) is 52.6 Å². The van der Waals surface area contributed by atoms with Crippen LogP contribution in [0.15, 0.2) is 479 Å². The van der Waals surface area contributed by atoms with Crippen LogP contribution in [-0.2, 0) is 0 Å². The van der Waals surface area contributed by atoms with Gasteiger partial charge in [-0.3, -0.25) is 0 Å². The molecule has 0 aliphatic carbocycles. The van der Waals surface area contributed by atoms with E-state index in [0.717, 1.165) is 98.9 Å². The van der Waals surface area contributed by atoms with Crippen LogP contribution in [0.25, 0.3) is 274 Å². The molecule has 0 bridgehead atoms. The van der Waals surface area contributed by atoms with E-state index in [2.05, 4.69) is 413 Å². The maximum absolute atomic E-state index is 6.21. The summed E-state index contributed by atoms with van der Waals surface area (Å²) in [5, 5.41) is 32.3. The maximum Gasteiger partial charge on any atom is 0.136 e. The Balaban J connectivity index is 0.000000106. The van der Waals surface area contributed by atoms with Crippen LogP contribution in [0.1, 0.15) is 0 Å². The molecule has 0 saturated carbocycles. The molecule has 28 rings (SSSR count). The van der Waals surface area contributed by atoms with Crippen LogP contribution < -0.4 is 0 Å². The number of rotatable bonds is 8. The van der Waals surface area contributed by atoms with Crippen molar-refractivity contribution in [3.05, 3.63) is 461 Å². The van der Waals surface area contributed by atoms with Gasteiger partial charge in [-0.25, -0.2) is 0 Å². The predicted octanol–water partition coefficient (Wildman–Crippen LogP) is 36.4. The maximum atomic E-state index is 6.21. The van der Waals surface area contributed by atoms with E-state index in [-0.39, 0.29) is 0 Å². The molecule has 4 heteroatoms. The highest BCUT2D eigenvalue weighted by atomic mass is 16.3. The number of para-hydroxylation sites is 4. The van der Waals surface area contributed by atoms with Gasteiger partial charge in [-0.1, -0.05) is 346 Å². The standard InChI is InChI=1S/C54H32O2.2C36H22O/c1-2-14-42-41(13-1)47-29-37(33-9-7-11-35(27-33)39-21-25-53-49(31-39)45-15-3-5-17-51(45)55-53)19-23-43(47)44-24-20-38(30-48(42)44)34-10-8-12-36(28-34)40-22-26-54-50(32-40)46-16-4-6-18-52(46)56-54;1-2-12-29-27(10-1)28-11-3-4-13-30(28)34-21-25(16-18-31(29)34)23-8-7-9-24(20-23)26-17-19-33-32-14-5-6-15-35(32)37-36(33)22-26;1-2-10-26(24-18-20-33-32-15-7-8-16-35(32)37-36(33)22-24)25(9-1)23-17-19-31-29-13-4-3-11-27(29)28-12-5-6-14-30(28)34(31)21-23/h1-32H;2*1-22H. The summed E-state index contributed by atoms with van der Waals surface area (Å²) >= 11 is 0. The van der Waals surface area contributed by atoms with Gasteiger partial charge in [-0.15, -0.1) is 0 Å². The third-order valence-electron chi connectivity index (χ3n) is 27.0. The SMILES string of the molecule is c1cc(-c2ccc3c(c2)oc2ccccc23)cc(-c2ccc3c4ccccc4c4ccccc4c3c2)c1.c1cc(-c2ccc3oc4ccccc4c3c2)cc(-c2ccc3c4ccc(-c5cccc(-c6ccc7oc8ccccc8c7c6)c5)cc4c4ccccc4c3c2)c1.c1ccc(-c2ccc3c4ccccc4c4ccccc4c3c2)c(-c2ccc3c(c2)oc2ccccc23)c1. The first kappa shape index (κ1) is 74.3. The van der Waals surface area contributed by atoms with Crippen LogP contribution in [0, 0.1) is 0 Å². The zero-order valence-electron chi connectivity index (χ0n) is 70.5. The second-order valence-electron chi connectivity index (χ2n) is 34.3. The third-order valence-corrected chi connectivity index (χ3v) is 27.0. The van der Waals surface area contributed by atoms with E-state index in [1.54, 1.807) is 0 Å². The predicted molar refractivity (Wildman–Crippen MR) is 549 cm³/mol. The molecule has 0 radical (unpaired) electrons. The molecular formula is C126H76O4. The fourth-order valence-corrected chi connectivity index (χ4v) is 20.7. The van der Waals surface area contributed by atoms with Gasteiger partial charge in [0.05, 0.1) is 0 Å². The van der Waals surface area contributed by atoms with E-state index in [9.17, 15) is 0 Å². The Morgan fingerprint density at radius 2 is 0.254 bits per heavy atom. The highest BCUT2D eigenvalue weighted by molar-refractivity contribution is 6.29. The monoisotopic (exact) mass is 1650 g/mol. The summed E-state index contributed by atoms with van der Waals surface area (Å²) in [5.41, 5.74) is 26.5. The van der Waals surface area contributed by atoms with Gasteiger partial charge in [0.15, 0.2) is 0 Å². The lowest BCUT2D eigenvalue weighted by Gasteiger charge is -2.14. The van der Waals surface area contributed by atoms with Gasteiger partial charge in [-0.2, -0.15) is 0 Å². The molecule has 24 aromatic carbocycles. The second kappa shape index (κ2) is 30.3. The van der Waals surface area contributed by atoms with Crippen LogP contribution in [0.5, 0.6) is 0 Å². The van der Waals surface area contributed by atoms with Crippen molar-refractivity contribution in [2.75, 3.05) is 0 Å². The lowest BCUT2D eigenvalue weighted by molar-refractivity contribution is 0.668. The molecule has 0 fully saturated rings. The first-order valence-corrected chi connectivity index (χ1v) is 44.5. The number of benzene rings is 24. The van der Waals surface area contributed by atoms with E-state index < -0.39 is 0 Å². The van der Waals surface area contributed by atoms with E-state index >= 15 is 0 Å². The summed E-state index contributed by atoms with van der Waals surface area (Å²) in [7, 11) is 0. The fourth-order valence-electron chi connectivity index (χ4n) is 20.7. The van der Waals surface area contributed by atoms with Gasteiger partial charge in [-0.05, 0) is 301 Å². The molecule has 0 unspecified atom stereocenters. The van der Waals surface area contributed by atoms with Gasteiger partial charge >= 0.3 is 0 Å². The Morgan fingerprint density at radius 3 is 0.562 bits per heavy atom. The molecule has 0 spiro atoms. The minimum absolute atomic E-state index is 0.915. The molecule has 130 heavy (non-hydrogen) atoms. The first-order valence-electron chi connectivity index (χ1n) is 44.5. The van der Waals surface area contributed by atoms with Gasteiger partial charge in [0.2, 0.25) is 0 Å². The molecule has 604 valence electrons. The lowest BCUT2D eigenvalue weighted by atomic mass is 9.89. The number of furan rings is 4. The Morgan fingerprint density at radius 1 is 0.0846 bits per heavy atom. The van der Waals surface area contributed by atoms with Gasteiger partial charge < -0.3 is 17.7 Å². The molecular weight excluding hydrogens is 1580 g/mol. The van der Waals surface area contributed by atoms with Crippen LogP contribution >= 0.6 is 0 Å². The molecule has 0 N–H and O–H groups in total. The average molecular weight is 1650 g/mol. The van der Waals surface area contributed by atoms with E-state index in [0.29, 0.717) is 0 Å². The van der Waals surface area contributed by atoms with E-state index in [4.69, 9.17) is 17.7 Å². The third kappa shape index (κ3) is 12.5. The molecule has 0 atom stereocenters. The summed E-state index contributed by atoms with van der Waals surface area (Å²) in [6.07, 6.45) is 0. The van der Waals surface area contributed by atoms with Crippen molar-refractivity contribution in [2.24, 2.45) is 0 Å². The first-order chi connectivity index (χ1) is 64.4. The van der Waals surface area contributed by atoms with Gasteiger partial charge in [0, 0.05) is 43.1 Å². The van der Waals surface area contributed by atoms with E-state index in [1.165, 1.54) is 175 Å². The molecule has 4 aromatic heterocycles. The van der Waals surface area contributed by atoms with Crippen molar-refractivity contribution in [3.8, 4) is 89.0 Å². The lowest BCUT2D eigenvalue weighted by Crippen LogP contribution is -1.87. The largest absolute Gasteiger partial charge is 0.456 e. The van der Waals surface area contributed by atoms with Crippen LogP contribution in [0.3, 0.4) is 0 Å². The molecule has 0 aliphatic heterocycles. The number of fused-ring (bicyclic) bond motifs is 30. The fraction of sp³-hybridized carbons (Fsp3) is 0. The summed E-state index contributed by atoms with van der Waals surface area (Å²) in [6.45, 7) is 0. The zero-order valence-corrected chi connectivity index (χ0v) is 70.5. The van der Waals surface area contributed by atoms with Crippen molar-refractivity contribution in [3.63, 3.8) is 0 Å². The Kier molecular flexibility index (Phi) is 17.3. The van der Waals surface area contributed by atoms with Crippen molar-refractivity contribution in [1.82, 2.24) is 0 Å². The zero-order chi connectivity index (χ0) is 85.4. The minimum Gasteiger partial charge on any atom is -0.456 e. The van der Waals surface area contributed by atoms with Crippen molar-refractivity contribution in [1.29, 1.82) is 0 Å². The Hall–Kier alpha value is -17.2. The van der Waals surface area contributed by atoms with Crippen LogP contribution in [-0.4, -0.2) is 0 Å². The average Bonchev–Trinajstić information content (AvgIpc) is 0.977. The summed E-state index contributed by atoms with van der Waals surface area (Å²) in [4.78, 5) is 0. The van der Waals surface area contributed by atoms with Crippen LogP contribution in [0.2, 0.25) is 0 Å². The van der Waals surface area contributed by atoms with E-state index in [1.807, 2.05) is 48.5 Å². The minimum atomic E-state index is 0.915. The quantitative estimate of drug-likeness (QED) is 0.142. The van der Waals surface area contributed by atoms with Gasteiger partial charge in [0.1, 0.15) is 44.7 Å². The molecule has 0 saturated heterocycles. The normalized spacial score (nSPS) is 11.8. The van der Waals surface area contributed by atoms with Crippen molar-refractivity contribution < 1.29 is 17.7 Å². The highest BCUT2D eigenvalue weighted by Crippen LogP contribution is 2.47. The van der Waals surface area contributed by atoms with Crippen molar-refractivity contribution in [2.45, 2.75) is 0 Å². The molecule has 4 heterocycles. The summed E-state index contributed by atoms with van der Waals surface area (Å²) in [5.74, 6) is 0. The second-order valence-corrected chi connectivity index (χ2v) is 34.3. The number of hydrogen-bond donors (Lipinski definition) is 0. The Bertz CT molecular complexity index is 9210. The molecule has 0 aliphatic rings. The summed E-state index contributed by atoms with van der Waals surface area (Å²) in [6, 6.07) is 166. The highest BCUT2D eigenvalue weighted by Gasteiger charge is 2.20. The van der Waals surface area contributed by atoms with Gasteiger partial charge in [0.25, 0.3) is 0 Å². The smallest absolute Gasteiger partial charge is 0.136 e. The summed E-state index contributed by atoms with van der Waals surface area (Å²) < 4.78 is 24.6. The molecule has 4 nitrogen and oxygen atoms in total.